The fraction of sp³-hybridized carbons (Fsp3) is 0.571. The number of rotatable bonds is 2. The molecule has 3 atom stereocenters. The predicted molar refractivity (Wildman–Crippen MR) is 105 cm³/mol. The smallest absolute Gasteiger partial charge is 0.407 e. The molecule has 2 aliphatic rings. The van der Waals surface area contributed by atoms with E-state index < -0.39 is 29.7 Å². The number of ether oxygens (including phenoxy) is 2. The van der Waals surface area contributed by atoms with Gasteiger partial charge < -0.3 is 24.8 Å². The van der Waals surface area contributed by atoms with E-state index in [1.807, 2.05) is 33.8 Å². The van der Waals surface area contributed by atoms with Gasteiger partial charge in [-0.3, -0.25) is 0 Å². The van der Waals surface area contributed by atoms with E-state index in [-0.39, 0.29) is 25.0 Å². The van der Waals surface area contributed by atoms with Crippen LogP contribution in [-0.2, 0) is 16.1 Å². The number of piperidine rings is 1. The van der Waals surface area contributed by atoms with Crippen molar-refractivity contribution in [1.82, 2.24) is 10.2 Å². The zero-order chi connectivity index (χ0) is 21.5. The maximum absolute atomic E-state index is 12.0. The molecule has 2 amide bonds. The van der Waals surface area contributed by atoms with Gasteiger partial charge in [0.2, 0.25) is 0 Å². The summed E-state index contributed by atoms with van der Waals surface area (Å²) in [6, 6.07) is 3.15. The van der Waals surface area contributed by atoms with Crippen LogP contribution in [0.1, 0.15) is 60.2 Å². The monoisotopic (exact) mass is 404 g/mol. The lowest BCUT2D eigenvalue weighted by Crippen LogP contribution is -2.58. The van der Waals surface area contributed by atoms with Crippen LogP contribution in [0.3, 0.4) is 0 Å². The molecule has 29 heavy (non-hydrogen) atoms. The van der Waals surface area contributed by atoms with E-state index in [0.29, 0.717) is 12.0 Å². The molecular weight excluding hydrogens is 376 g/mol. The lowest BCUT2D eigenvalue weighted by atomic mass is 9.69. The molecule has 2 heterocycles. The van der Waals surface area contributed by atoms with Crippen LogP contribution in [0.25, 0.3) is 0 Å². The first-order valence-corrected chi connectivity index (χ1v) is 9.73. The minimum Gasteiger partial charge on any atom is -0.465 e. The minimum atomic E-state index is -0.995. The highest BCUT2D eigenvalue weighted by molar-refractivity contribution is 5.94. The second kappa shape index (κ2) is 7.57. The van der Waals surface area contributed by atoms with Crippen molar-refractivity contribution in [2.45, 2.75) is 58.8 Å². The Kier molecular flexibility index (Phi) is 5.47. The molecule has 0 saturated carbocycles. The molecule has 158 valence electrons. The molecule has 8 heteroatoms. The number of amides is 2. The van der Waals surface area contributed by atoms with Gasteiger partial charge in [-0.05, 0) is 29.5 Å². The number of hydrogen-bond acceptors (Lipinski definition) is 5. The Balaban J connectivity index is 2.15. The lowest BCUT2D eigenvalue weighted by Gasteiger charge is -2.50. The first kappa shape index (κ1) is 21.0. The third-order valence-electron chi connectivity index (χ3n) is 5.89. The number of cyclic esters (lactones) is 1. The van der Waals surface area contributed by atoms with E-state index in [2.05, 4.69) is 5.32 Å². The van der Waals surface area contributed by atoms with Gasteiger partial charge in [0, 0.05) is 31.5 Å². The van der Waals surface area contributed by atoms with E-state index in [0.717, 1.165) is 16.7 Å². The molecule has 0 radical (unpaired) electrons. The van der Waals surface area contributed by atoms with E-state index in [1.165, 1.54) is 11.9 Å². The van der Waals surface area contributed by atoms with Gasteiger partial charge in [-0.15, -0.1) is 0 Å². The van der Waals surface area contributed by atoms with Crippen molar-refractivity contribution >= 4 is 18.2 Å². The first-order chi connectivity index (χ1) is 13.6. The summed E-state index contributed by atoms with van der Waals surface area (Å²) in [4.78, 5) is 37.4. The fourth-order valence-corrected chi connectivity index (χ4v) is 4.63. The van der Waals surface area contributed by atoms with E-state index in [4.69, 9.17) is 9.47 Å². The Hall–Kier alpha value is -2.77. The maximum atomic E-state index is 12.0. The summed E-state index contributed by atoms with van der Waals surface area (Å²) >= 11 is 0. The molecule has 2 aliphatic heterocycles. The summed E-state index contributed by atoms with van der Waals surface area (Å²) in [6.45, 7) is 8.34. The Morgan fingerprint density at radius 1 is 1.31 bits per heavy atom. The highest BCUT2D eigenvalue weighted by atomic mass is 16.6. The quantitative estimate of drug-likeness (QED) is 0.733. The van der Waals surface area contributed by atoms with Crippen LogP contribution in [0.2, 0.25) is 0 Å². The van der Waals surface area contributed by atoms with E-state index in [9.17, 15) is 19.5 Å². The van der Waals surface area contributed by atoms with E-state index in [1.54, 1.807) is 6.07 Å². The molecule has 1 aromatic carbocycles. The van der Waals surface area contributed by atoms with Gasteiger partial charge in [0.25, 0.3) is 0 Å². The second-order valence-corrected chi connectivity index (χ2v) is 8.68. The molecule has 8 nitrogen and oxygen atoms in total. The molecule has 1 fully saturated rings. The largest absolute Gasteiger partial charge is 0.465 e. The van der Waals surface area contributed by atoms with Gasteiger partial charge in [0.1, 0.15) is 12.7 Å². The molecule has 3 unspecified atom stereocenters. The van der Waals surface area contributed by atoms with Gasteiger partial charge in [0.15, 0.2) is 0 Å². The van der Waals surface area contributed by atoms with Crippen LogP contribution in [0.4, 0.5) is 9.59 Å². The van der Waals surface area contributed by atoms with Gasteiger partial charge >= 0.3 is 18.2 Å². The maximum Gasteiger partial charge on any atom is 0.407 e. The van der Waals surface area contributed by atoms with Gasteiger partial charge in [-0.25, -0.2) is 14.4 Å². The van der Waals surface area contributed by atoms with Crippen LogP contribution in [0.5, 0.6) is 0 Å². The van der Waals surface area contributed by atoms with Crippen LogP contribution < -0.4 is 5.32 Å². The number of carboxylic acid groups (broad SMARTS) is 1. The molecule has 0 bridgehead atoms. The minimum absolute atomic E-state index is 0.199. The summed E-state index contributed by atoms with van der Waals surface area (Å²) in [6.07, 6.45) is -1.65. The molecule has 0 spiro atoms. The van der Waals surface area contributed by atoms with Crippen LogP contribution in [0, 0.1) is 12.3 Å². The number of carbonyl (C=O) groups excluding carboxylic acids is 2. The van der Waals surface area contributed by atoms with Crippen LogP contribution in [-0.4, -0.2) is 53.9 Å². The molecule has 2 N–H and O–H groups in total. The third-order valence-corrected chi connectivity index (χ3v) is 5.89. The number of hydrogen-bond donors (Lipinski definition) is 2. The zero-order valence-corrected chi connectivity index (χ0v) is 17.4. The summed E-state index contributed by atoms with van der Waals surface area (Å²) in [5.41, 5.74) is 2.69. The highest BCUT2D eigenvalue weighted by Gasteiger charge is 2.49. The number of nitrogens with zero attached hydrogens (tertiary/aromatic N) is 1. The summed E-state index contributed by atoms with van der Waals surface area (Å²) in [5.74, 6) is -0.728. The SMILES string of the molecule is CNC(=O)OC1CCN(C(=O)O)C(C(C)(C)C)C1c1ccc2c(c1C)COC2=O. The molecule has 0 aliphatic carbocycles. The topological polar surface area (TPSA) is 105 Å². The normalized spacial score (nSPS) is 24.0. The standard InChI is InChI=1S/C21H28N2O6/c1-11-12(6-7-13-14(11)10-28-18(13)24)16-15(29-19(25)22-5)8-9-23(20(26)27)17(16)21(2,3)4/h6-7,15-17H,8-10H2,1-5H3,(H,22,25)(H,26,27). The van der Waals surface area contributed by atoms with Crippen LogP contribution >= 0.6 is 0 Å². The van der Waals surface area contributed by atoms with Crippen molar-refractivity contribution in [3.63, 3.8) is 0 Å². The Bertz CT molecular complexity index is 844. The van der Waals surface area contributed by atoms with Crippen molar-refractivity contribution < 1.29 is 29.0 Å². The van der Waals surface area contributed by atoms with Crippen molar-refractivity contribution in [1.29, 1.82) is 0 Å². The number of benzene rings is 1. The number of carbonyl (C=O) groups is 3. The molecule has 1 saturated heterocycles. The van der Waals surface area contributed by atoms with Gasteiger partial charge in [-0.2, -0.15) is 0 Å². The number of nitrogens with one attached hydrogen (secondary N) is 1. The number of fused-ring (bicyclic) bond motifs is 1. The Morgan fingerprint density at radius 2 is 2.00 bits per heavy atom. The van der Waals surface area contributed by atoms with Crippen molar-refractivity contribution in [3.05, 3.63) is 34.4 Å². The number of esters is 1. The summed E-state index contributed by atoms with van der Waals surface area (Å²) in [7, 11) is 1.49. The predicted octanol–water partition coefficient (Wildman–Crippen LogP) is 3.27. The molecular formula is C21H28N2O6. The molecule has 3 rings (SSSR count). The van der Waals surface area contributed by atoms with Crippen molar-refractivity contribution in [2.24, 2.45) is 5.41 Å². The Labute approximate surface area is 170 Å². The average Bonchev–Trinajstić information content (AvgIpc) is 3.02. The number of alkyl carbamates (subject to hydrolysis) is 1. The van der Waals surface area contributed by atoms with E-state index >= 15 is 0 Å². The fourth-order valence-electron chi connectivity index (χ4n) is 4.63. The zero-order valence-electron chi connectivity index (χ0n) is 17.4. The highest BCUT2D eigenvalue weighted by Crippen LogP contribution is 2.45. The third kappa shape index (κ3) is 3.75. The summed E-state index contributed by atoms with van der Waals surface area (Å²) < 4.78 is 10.9. The van der Waals surface area contributed by atoms with Gasteiger partial charge in [0.05, 0.1) is 11.6 Å². The molecule has 0 aromatic heterocycles. The second-order valence-electron chi connectivity index (χ2n) is 8.68. The number of likely N-dealkylation sites (tertiary alicyclic amines) is 1. The van der Waals surface area contributed by atoms with Crippen molar-refractivity contribution in [2.75, 3.05) is 13.6 Å². The molecule has 1 aromatic rings. The average molecular weight is 404 g/mol. The summed E-state index contributed by atoms with van der Waals surface area (Å²) in [5, 5.41) is 12.3. The van der Waals surface area contributed by atoms with Crippen molar-refractivity contribution in [3.8, 4) is 0 Å². The Morgan fingerprint density at radius 3 is 2.59 bits per heavy atom. The van der Waals surface area contributed by atoms with Crippen LogP contribution in [0.15, 0.2) is 12.1 Å². The van der Waals surface area contributed by atoms with Gasteiger partial charge in [-0.1, -0.05) is 26.8 Å². The lowest BCUT2D eigenvalue weighted by molar-refractivity contribution is -0.0239. The first-order valence-electron chi connectivity index (χ1n) is 9.73.